The van der Waals surface area contributed by atoms with Gasteiger partial charge < -0.3 is 19.1 Å². The Hall–Kier alpha value is -1.62. The Bertz CT molecular complexity index is 638. The van der Waals surface area contributed by atoms with Crippen molar-refractivity contribution in [3.8, 4) is 0 Å². The van der Waals surface area contributed by atoms with Gasteiger partial charge in [0.05, 0.1) is 14.2 Å². The number of carbonyl (C=O) groups is 2. The van der Waals surface area contributed by atoms with E-state index >= 15 is 0 Å². The van der Waals surface area contributed by atoms with Crippen LogP contribution >= 0.6 is 0 Å². The second-order valence-corrected chi connectivity index (χ2v) is 11.2. The summed E-state index contributed by atoms with van der Waals surface area (Å²) in [5.74, 6) is 0. The van der Waals surface area contributed by atoms with Gasteiger partial charge in [0.25, 0.3) is 0 Å². The van der Waals surface area contributed by atoms with E-state index in [0.717, 1.165) is 0 Å². The molecule has 0 aromatic rings. The fraction of sp³-hybridized carbons (Fsp3) is 0.909. The summed E-state index contributed by atoms with van der Waals surface area (Å²) in [5, 5.41) is 10.7. The van der Waals surface area contributed by atoms with Crippen molar-refractivity contribution in [3.63, 3.8) is 0 Å². The standard InChI is InChI=1S/C22H40N4O6/c1-19(2)11-15(12-20(3,4)25(19)29-9)31-17(27)23-24-18(28)32-16-13-21(5,6)26(30-10)22(7,8)14-16/h15-16H,11-14H2,1-10H3. The van der Waals surface area contributed by atoms with Crippen LogP contribution in [0.3, 0.4) is 0 Å². The first-order valence-corrected chi connectivity index (χ1v) is 11.1. The maximum atomic E-state index is 12.2. The minimum Gasteiger partial charge on any atom is -0.443 e. The van der Waals surface area contributed by atoms with Crippen LogP contribution in [-0.4, -0.2) is 70.9 Å². The summed E-state index contributed by atoms with van der Waals surface area (Å²) in [6, 6.07) is 0. The molecule has 32 heavy (non-hydrogen) atoms. The second-order valence-electron chi connectivity index (χ2n) is 11.2. The van der Waals surface area contributed by atoms with Gasteiger partial charge in [-0.15, -0.1) is 0 Å². The molecule has 0 radical (unpaired) electrons. The summed E-state index contributed by atoms with van der Waals surface area (Å²) in [5.41, 5.74) is -1.36. The van der Waals surface area contributed by atoms with E-state index in [-0.39, 0.29) is 34.4 Å². The summed E-state index contributed by atoms with van der Waals surface area (Å²) in [6.07, 6.45) is -0.270. The lowest BCUT2D eigenvalue weighted by molar-refractivity contribution is -0.276. The summed E-state index contributed by atoms with van der Waals surface area (Å²) in [7, 11) is 3.27. The molecule has 0 aromatic carbocycles. The molecule has 0 atom stereocenters. The van der Waals surface area contributed by atoms with Gasteiger partial charge in [0, 0.05) is 47.8 Å². The summed E-state index contributed by atoms with van der Waals surface area (Å²) in [4.78, 5) is 35.5. The topological polar surface area (TPSA) is 102 Å². The quantitative estimate of drug-likeness (QED) is 0.552. The molecule has 2 amide bonds. The van der Waals surface area contributed by atoms with Crippen molar-refractivity contribution in [2.45, 2.75) is 115 Å². The highest BCUT2D eigenvalue weighted by Crippen LogP contribution is 2.40. The Morgan fingerprint density at radius 2 is 0.875 bits per heavy atom. The predicted octanol–water partition coefficient (Wildman–Crippen LogP) is 4.88. The maximum absolute atomic E-state index is 12.2. The Morgan fingerprint density at radius 3 is 1.09 bits per heavy atom. The molecule has 2 heterocycles. The zero-order valence-corrected chi connectivity index (χ0v) is 21.2. The third-order valence-corrected chi connectivity index (χ3v) is 6.22. The molecular weight excluding hydrogens is 416 g/mol. The number of ether oxygens (including phenoxy) is 2. The lowest BCUT2D eigenvalue weighted by Gasteiger charge is -2.52. The minimum atomic E-state index is -0.903. The monoisotopic (exact) mass is 456 g/mol. The van der Waals surface area contributed by atoms with Crippen LogP contribution in [0.15, 0.2) is 10.2 Å². The average Bonchev–Trinajstić information content (AvgIpc) is 2.56. The van der Waals surface area contributed by atoms with Crippen LogP contribution in [0, 0.1) is 0 Å². The number of hydroxylamine groups is 4. The van der Waals surface area contributed by atoms with Crippen molar-refractivity contribution in [1.29, 1.82) is 0 Å². The van der Waals surface area contributed by atoms with Crippen molar-refractivity contribution in [1.82, 2.24) is 10.1 Å². The van der Waals surface area contributed by atoms with E-state index in [1.165, 1.54) is 0 Å². The third kappa shape index (κ3) is 6.03. The zero-order valence-electron chi connectivity index (χ0n) is 21.2. The molecule has 0 bridgehead atoms. The number of rotatable bonds is 4. The van der Waals surface area contributed by atoms with Crippen molar-refractivity contribution < 1.29 is 28.7 Å². The Kier molecular flexibility index (Phi) is 7.76. The van der Waals surface area contributed by atoms with E-state index < -0.39 is 12.2 Å². The first-order chi connectivity index (χ1) is 14.5. The van der Waals surface area contributed by atoms with Gasteiger partial charge in [0.1, 0.15) is 12.2 Å². The number of piperidine rings is 2. The number of carbonyl (C=O) groups excluding carboxylic acids is 2. The Labute approximate surface area is 191 Å². The van der Waals surface area contributed by atoms with Gasteiger partial charge in [0.2, 0.25) is 0 Å². The molecule has 2 rings (SSSR count). The second kappa shape index (κ2) is 9.32. The van der Waals surface area contributed by atoms with Crippen LogP contribution in [0.5, 0.6) is 0 Å². The molecule has 0 aliphatic carbocycles. The van der Waals surface area contributed by atoms with E-state index in [0.29, 0.717) is 25.7 Å². The van der Waals surface area contributed by atoms with Gasteiger partial charge in [0.15, 0.2) is 0 Å². The molecule has 2 aliphatic rings. The van der Waals surface area contributed by atoms with Crippen molar-refractivity contribution in [2.75, 3.05) is 14.2 Å². The van der Waals surface area contributed by atoms with Crippen molar-refractivity contribution in [3.05, 3.63) is 0 Å². The normalized spacial score (nSPS) is 26.2. The molecule has 10 heteroatoms. The SMILES string of the molecule is CON1C(C)(C)CC(OC(=O)N=NC(=O)OC2CC(C)(C)N(OC)C(C)(C)C2)CC1(C)C. The molecule has 0 spiro atoms. The first kappa shape index (κ1) is 26.6. The van der Waals surface area contributed by atoms with Crippen LogP contribution < -0.4 is 0 Å². The highest BCUT2D eigenvalue weighted by atomic mass is 16.7. The number of hydrogen-bond acceptors (Lipinski definition) is 8. The van der Waals surface area contributed by atoms with Gasteiger partial charge >= 0.3 is 12.2 Å². The highest BCUT2D eigenvalue weighted by Gasteiger charge is 2.48. The molecular formula is C22H40N4O6. The van der Waals surface area contributed by atoms with E-state index in [1.54, 1.807) is 14.2 Å². The zero-order chi connectivity index (χ0) is 24.5. The number of nitrogens with zero attached hydrogens (tertiary/aromatic N) is 4. The maximum Gasteiger partial charge on any atom is 0.452 e. The molecule has 184 valence electrons. The minimum absolute atomic E-state index is 0.339. The van der Waals surface area contributed by atoms with Crippen LogP contribution in [-0.2, 0) is 19.1 Å². The van der Waals surface area contributed by atoms with E-state index in [1.807, 2.05) is 65.5 Å². The van der Waals surface area contributed by atoms with Gasteiger partial charge in [-0.25, -0.2) is 9.59 Å². The molecule has 0 aromatic heterocycles. The summed E-state index contributed by atoms with van der Waals surface area (Å²) < 4.78 is 11.0. The van der Waals surface area contributed by atoms with Gasteiger partial charge in [-0.2, -0.15) is 10.1 Å². The van der Waals surface area contributed by atoms with Crippen LogP contribution in [0.1, 0.15) is 81.1 Å². The fourth-order valence-corrected chi connectivity index (χ4v) is 5.91. The summed E-state index contributed by atoms with van der Waals surface area (Å²) in [6.45, 7) is 16.2. The van der Waals surface area contributed by atoms with Gasteiger partial charge in [-0.3, -0.25) is 0 Å². The molecule has 2 aliphatic heterocycles. The van der Waals surface area contributed by atoms with Crippen LogP contribution in [0.4, 0.5) is 9.59 Å². The average molecular weight is 457 g/mol. The Morgan fingerprint density at radius 1 is 0.625 bits per heavy atom. The molecule has 10 nitrogen and oxygen atoms in total. The number of amides is 2. The fourth-order valence-electron chi connectivity index (χ4n) is 5.91. The smallest absolute Gasteiger partial charge is 0.443 e. The van der Waals surface area contributed by atoms with Crippen molar-refractivity contribution in [2.24, 2.45) is 10.2 Å². The molecule has 0 N–H and O–H groups in total. The molecule has 2 saturated heterocycles. The molecule has 0 saturated carbocycles. The third-order valence-electron chi connectivity index (χ3n) is 6.22. The van der Waals surface area contributed by atoms with Gasteiger partial charge in [-0.1, -0.05) is 10.2 Å². The lowest BCUT2D eigenvalue weighted by atomic mass is 9.80. The van der Waals surface area contributed by atoms with Crippen molar-refractivity contribution >= 4 is 12.2 Å². The number of azo groups is 1. The van der Waals surface area contributed by atoms with E-state index in [4.69, 9.17) is 19.1 Å². The lowest BCUT2D eigenvalue weighted by Crippen LogP contribution is -2.61. The predicted molar refractivity (Wildman–Crippen MR) is 118 cm³/mol. The van der Waals surface area contributed by atoms with Crippen LogP contribution in [0.25, 0.3) is 0 Å². The number of hydrogen-bond donors (Lipinski definition) is 0. The Balaban J connectivity index is 1.94. The first-order valence-electron chi connectivity index (χ1n) is 11.1. The van der Waals surface area contributed by atoms with E-state index in [9.17, 15) is 9.59 Å². The van der Waals surface area contributed by atoms with Gasteiger partial charge in [-0.05, 0) is 55.4 Å². The van der Waals surface area contributed by atoms with E-state index in [2.05, 4.69) is 10.2 Å². The largest absolute Gasteiger partial charge is 0.452 e. The molecule has 0 unspecified atom stereocenters. The molecule has 2 fully saturated rings. The van der Waals surface area contributed by atoms with Crippen LogP contribution in [0.2, 0.25) is 0 Å². The highest BCUT2D eigenvalue weighted by molar-refractivity contribution is 5.73. The summed E-state index contributed by atoms with van der Waals surface area (Å²) >= 11 is 0.